The Morgan fingerprint density at radius 1 is 1.40 bits per heavy atom. The average molecular weight is 283 g/mol. The second-order valence-corrected chi connectivity index (χ2v) is 6.51. The van der Waals surface area contributed by atoms with Crippen molar-refractivity contribution in [1.29, 1.82) is 0 Å². The van der Waals surface area contributed by atoms with E-state index in [4.69, 9.17) is 10.9 Å². The van der Waals surface area contributed by atoms with Gasteiger partial charge in [0, 0.05) is 6.54 Å². The third-order valence-electron chi connectivity index (χ3n) is 4.34. The van der Waals surface area contributed by atoms with Gasteiger partial charge in [0.25, 0.3) is 0 Å². The highest BCUT2D eigenvalue weighted by Gasteiger charge is 2.35. The van der Waals surface area contributed by atoms with Crippen LogP contribution in [-0.2, 0) is 4.79 Å². The van der Waals surface area contributed by atoms with E-state index in [1.54, 1.807) is 0 Å². The molecule has 0 spiro atoms. The number of oxime groups is 1. The van der Waals surface area contributed by atoms with Crippen molar-refractivity contribution in [3.05, 3.63) is 0 Å². The predicted molar refractivity (Wildman–Crippen MR) is 80.6 cm³/mol. The molecule has 1 rings (SSSR count). The van der Waals surface area contributed by atoms with E-state index in [0.717, 1.165) is 6.42 Å². The number of amidine groups is 1. The first-order chi connectivity index (χ1) is 9.44. The van der Waals surface area contributed by atoms with Crippen LogP contribution < -0.4 is 11.1 Å². The number of nitrogens with one attached hydrogen (secondary N) is 1. The van der Waals surface area contributed by atoms with E-state index in [9.17, 15) is 4.79 Å². The van der Waals surface area contributed by atoms with Crippen molar-refractivity contribution >= 4 is 11.7 Å². The summed E-state index contributed by atoms with van der Waals surface area (Å²) in [6.45, 7) is 7.03. The zero-order valence-electron chi connectivity index (χ0n) is 13.0. The maximum Gasteiger partial charge on any atom is 0.230 e. The van der Waals surface area contributed by atoms with Crippen LogP contribution in [0.5, 0.6) is 0 Å². The van der Waals surface area contributed by atoms with Gasteiger partial charge in [0.1, 0.15) is 0 Å². The van der Waals surface area contributed by atoms with Crippen LogP contribution in [0, 0.1) is 17.3 Å². The molecule has 0 aliphatic heterocycles. The smallest absolute Gasteiger partial charge is 0.230 e. The van der Waals surface area contributed by atoms with Crippen molar-refractivity contribution in [3.63, 3.8) is 0 Å². The first-order valence-corrected chi connectivity index (χ1v) is 7.69. The van der Waals surface area contributed by atoms with Gasteiger partial charge >= 0.3 is 0 Å². The van der Waals surface area contributed by atoms with Crippen molar-refractivity contribution < 1.29 is 10.0 Å². The SMILES string of the molecule is CCC(C(=O)NCC1(CC(C)C)CCCC1)C(N)=NO. The molecule has 1 fully saturated rings. The summed E-state index contributed by atoms with van der Waals surface area (Å²) in [5.41, 5.74) is 5.81. The molecule has 0 heterocycles. The Labute approximate surface area is 122 Å². The molecule has 5 heteroatoms. The summed E-state index contributed by atoms with van der Waals surface area (Å²) in [5, 5.41) is 14.7. The van der Waals surface area contributed by atoms with Gasteiger partial charge in [-0.15, -0.1) is 0 Å². The van der Waals surface area contributed by atoms with Crippen LogP contribution >= 0.6 is 0 Å². The number of nitrogens with zero attached hydrogens (tertiary/aromatic N) is 1. The fraction of sp³-hybridized carbons (Fsp3) is 0.867. The highest BCUT2D eigenvalue weighted by atomic mass is 16.4. The topological polar surface area (TPSA) is 87.7 Å². The van der Waals surface area contributed by atoms with Crippen molar-refractivity contribution in [3.8, 4) is 0 Å². The fourth-order valence-electron chi connectivity index (χ4n) is 3.44. The fourth-order valence-corrected chi connectivity index (χ4v) is 3.44. The molecule has 1 aliphatic carbocycles. The number of hydrogen-bond donors (Lipinski definition) is 3. The van der Waals surface area contributed by atoms with E-state index in [1.165, 1.54) is 25.7 Å². The lowest BCUT2D eigenvalue weighted by Gasteiger charge is -2.31. The molecule has 0 aromatic heterocycles. The van der Waals surface area contributed by atoms with E-state index >= 15 is 0 Å². The summed E-state index contributed by atoms with van der Waals surface area (Å²) in [4.78, 5) is 12.2. The van der Waals surface area contributed by atoms with Crippen LogP contribution in [0.1, 0.15) is 59.3 Å². The van der Waals surface area contributed by atoms with Gasteiger partial charge in [-0.05, 0) is 37.0 Å². The molecule has 0 aromatic carbocycles. The summed E-state index contributed by atoms with van der Waals surface area (Å²) < 4.78 is 0. The van der Waals surface area contributed by atoms with Crippen molar-refractivity contribution in [1.82, 2.24) is 5.32 Å². The first kappa shape index (κ1) is 16.8. The van der Waals surface area contributed by atoms with Gasteiger partial charge < -0.3 is 16.3 Å². The van der Waals surface area contributed by atoms with Gasteiger partial charge in [-0.25, -0.2) is 0 Å². The van der Waals surface area contributed by atoms with E-state index in [-0.39, 0.29) is 17.2 Å². The third-order valence-corrected chi connectivity index (χ3v) is 4.34. The lowest BCUT2D eigenvalue weighted by molar-refractivity contribution is -0.123. The number of nitrogens with two attached hydrogens (primary N) is 1. The van der Waals surface area contributed by atoms with Gasteiger partial charge in [0.15, 0.2) is 5.84 Å². The Bertz CT molecular complexity index is 347. The molecule has 1 amide bonds. The minimum absolute atomic E-state index is 0.00525. The molecule has 0 aromatic rings. The summed E-state index contributed by atoms with van der Waals surface area (Å²) in [6, 6.07) is 0. The lowest BCUT2D eigenvalue weighted by Crippen LogP contribution is -2.43. The quantitative estimate of drug-likeness (QED) is 0.290. The molecule has 1 atom stereocenters. The molecule has 1 unspecified atom stereocenters. The second kappa shape index (κ2) is 7.50. The monoisotopic (exact) mass is 283 g/mol. The molecule has 0 radical (unpaired) electrons. The number of carbonyl (C=O) groups is 1. The zero-order chi connectivity index (χ0) is 15.2. The van der Waals surface area contributed by atoms with Crippen LogP contribution in [0.4, 0.5) is 0 Å². The van der Waals surface area contributed by atoms with Crippen molar-refractivity contribution in [2.45, 2.75) is 59.3 Å². The maximum atomic E-state index is 12.2. The van der Waals surface area contributed by atoms with E-state index in [2.05, 4.69) is 24.3 Å². The Morgan fingerprint density at radius 3 is 2.45 bits per heavy atom. The average Bonchev–Trinajstić information content (AvgIpc) is 2.85. The summed E-state index contributed by atoms with van der Waals surface area (Å²) in [5.74, 6) is -0.0271. The lowest BCUT2D eigenvalue weighted by atomic mass is 9.78. The minimum atomic E-state index is -0.530. The molecule has 0 saturated heterocycles. The number of carbonyl (C=O) groups excluding carboxylic acids is 1. The summed E-state index contributed by atoms with van der Waals surface area (Å²) >= 11 is 0. The summed E-state index contributed by atoms with van der Waals surface area (Å²) in [6.07, 6.45) is 6.56. The molecule has 4 N–H and O–H groups in total. The van der Waals surface area contributed by atoms with Crippen LogP contribution in [0.3, 0.4) is 0 Å². The van der Waals surface area contributed by atoms with Gasteiger partial charge in [-0.2, -0.15) is 0 Å². The number of amides is 1. The van der Waals surface area contributed by atoms with Crippen LogP contribution in [0.2, 0.25) is 0 Å². The summed E-state index contributed by atoms with van der Waals surface area (Å²) in [7, 11) is 0. The van der Waals surface area contributed by atoms with E-state index < -0.39 is 5.92 Å². The molecule has 116 valence electrons. The van der Waals surface area contributed by atoms with E-state index in [0.29, 0.717) is 18.9 Å². The third kappa shape index (κ3) is 4.39. The van der Waals surface area contributed by atoms with Gasteiger partial charge in [-0.1, -0.05) is 38.8 Å². The predicted octanol–water partition coefficient (Wildman–Crippen LogP) is 2.48. The standard InChI is InChI=1S/C15H29N3O2/c1-4-12(13(16)18-20)14(19)17-10-15(9-11(2)3)7-5-6-8-15/h11-12,20H,4-10H2,1-3H3,(H2,16,18)(H,17,19). The Balaban J connectivity index is 2.61. The molecule has 5 nitrogen and oxygen atoms in total. The molecular weight excluding hydrogens is 254 g/mol. The molecule has 20 heavy (non-hydrogen) atoms. The maximum absolute atomic E-state index is 12.2. The van der Waals surface area contributed by atoms with E-state index in [1.807, 2.05) is 6.92 Å². The van der Waals surface area contributed by atoms with Crippen LogP contribution in [0.15, 0.2) is 5.16 Å². The normalized spacial score (nSPS) is 20.1. The Kier molecular flexibility index (Phi) is 6.30. The van der Waals surface area contributed by atoms with Crippen molar-refractivity contribution in [2.24, 2.45) is 28.1 Å². The Morgan fingerprint density at radius 2 is 2.00 bits per heavy atom. The largest absolute Gasteiger partial charge is 0.409 e. The second-order valence-electron chi connectivity index (χ2n) is 6.51. The number of hydrogen-bond acceptors (Lipinski definition) is 3. The van der Waals surface area contributed by atoms with Gasteiger partial charge in [-0.3, -0.25) is 4.79 Å². The highest BCUT2D eigenvalue weighted by molar-refractivity contribution is 6.01. The molecular formula is C15H29N3O2. The van der Waals surface area contributed by atoms with Crippen LogP contribution in [-0.4, -0.2) is 23.5 Å². The number of rotatable bonds is 7. The first-order valence-electron chi connectivity index (χ1n) is 7.69. The molecule has 0 bridgehead atoms. The van der Waals surface area contributed by atoms with Crippen molar-refractivity contribution in [2.75, 3.05) is 6.54 Å². The highest BCUT2D eigenvalue weighted by Crippen LogP contribution is 2.42. The Hall–Kier alpha value is -1.26. The van der Waals surface area contributed by atoms with Gasteiger partial charge in [0.2, 0.25) is 5.91 Å². The zero-order valence-corrected chi connectivity index (χ0v) is 13.0. The molecule has 1 aliphatic rings. The van der Waals surface area contributed by atoms with Gasteiger partial charge in [0.05, 0.1) is 5.92 Å². The minimum Gasteiger partial charge on any atom is -0.409 e. The molecule has 1 saturated carbocycles. The van der Waals surface area contributed by atoms with Crippen LogP contribution in [0.25, 0.3) is 0 Å².